The standard InChI is InChI=1S/C13H27NO/c1-4-9-15-10-5-8-14-12-6-7-13(2,3)11-12/h12,14H,4-11H2,1-3H3. The Morgan fingerprint density at radius 2 is 2.13 bits per heavy atom. The first-order valence-corrected chi connectivity index (χ1v) is 6.45. The van der Waals surface area contributed by atoms with Crippen LogP contribution >= 0.6 is 0 Å². The van der Waals surface area contributed by atoms with E-state index < -0.39 is 0 Å². The first-order valence-electron chi connectivity index (χ1n) is 6.45. The summed E-state index contributed by atoms with van der Waals surface area (Å²) in [6.45, 7) is 9.84. The van der Waals surface area contributed by atoms with Crippen LogP contribution in [0.3, 0.4) is 0 Å². The van der Waals surface area contributed by atoms with Crippen molar-refractivity contribution >= 4 is 0 Å². The number of nitrogens with one attached hydrogen (secondary N) is 1. The molecule has 1 unspecified atom stereocenters. The number of rotatable bonds is 7. The average molecular weight is 213 g/mol. The predicted octanol–water partition coefficient (Wildman–Crippen LogP) is 2.97. The van der Waals surface area contributed by atoms with Crippen LogP contribution in [0.2, 0.25) is 0 Å². The number of hydrogen-bond donors (Lipinski definition) is 1. The highest BCUT2D eigenvalue weighted by atomic mass is 16.5. The van der Waals surface area contributed by atoms with E-state index in [4.69, 9.17) is 4.74 Å². The maximum absolute atomic E-state index is 5.45. The summed E-state index contributed by atoms with van der Waals surface area (Å²) in [6, 6.07) is 0.756. The zero-order valence-corrected chi connectivity index (χ0v) is 10.6. The van der Waals surface area contributed by atoms with Gasteiger partial charge in [0.15, 0.2) is 0 Å². The molecule has 1 aliphatic rings. The van der Waals surface area contributed by atoms with Crippen molar-refractivity contribution in [3.8, 4) is 0 Å². The van der Waals surface area contributed by atoms with Gasteiger partial charge in [0.1, 0.15) is 0 Å². The van der Waals surface area contributed by atoms with Crippen LogP contribution in [0.1, 0.15) is 52.9 Å². The van der Waals surface area contributed by atoms with Gasteiger partial charge in [0, 0.05) is 19.3 Å². The lowest BCUT2D eigenvalue weighted by molar-refractivity contribution is 0.131. The minimum Gasteiger partial charge on any atom is -0.381 e. The largest absolute Gasteiger partial charge is 0.381 e. The molecule has 0 bridgehead atoms. The van der Waals surface area contributed by atoms with Crippen LogP contribution in [0.25, 0.3) is 0 Å². The highest BCUT2D eigenvalue weighted by Crippen LogP contribution is 2.36. The van der Waals surface area contributed by atoms with Gasteiger partial charge < -0.3 is 10.1 Å². The molecular formula is C13H27NO. The van der Waals surface area contributed by atoms with E-state index in [1.165, 1.54) is 19.3 Å². The Kier molecular flexibility index (Phi) is 5.62. The summed E-state index contributed by atoms with van der Waals surface area (Å²) in [4.78, 5) is 0. The van der Waals surface area contributed by atoms with E-state index in [1.807, 2.05) is 0 Å². The molecule has 90 valence electrons. The molecule has 1 fully saturated rings. The molecule has 0 aromatic heterocycles. The molecular weight excluding hydrogens is 186 g/mol. The maximum Gasteiger partial charge on any atom is 0.0478 e. The minimum absolute atomic E-state index is 0.566. The third-order valence-corrected chi connectivity index (χ3v) is 3.22. The van der Waals surface area contributed by atoms with Crippen LogP contribution < -0.4 is 5.32 Å². The Hall–Kier alpha value is -0.0800. The zero-order chi connectivity index (χ0) is 11.1. The van der Waals surface area contributed by atoms with Crippen molar-refractivity contribution < 1.29 is 4.74 Å². The van der Waals surface area contributed by atoms with Crippen molar-refractivity contribution in [2.45, 2.75) is 58.9 Å². The molecule has 2 nitrogen and oxygen atoms in total. The van der Waals surface area contributed by atoms with Gasteiger partial charge in [-0.25, -0.2) is 0 Å². The molecule has 0 aliphatic heterocycles. The SMILES string of the molecule is CCCOCCCNC1CCC(C)(C)C1. The molecule has 2 heteroatoms. The molecule has 1 saturated carbocycles. The van der Waals surface area contributed by atoms with Gasteiger partial charge >= 0.3 is 0 Å². The van der Waals surface area contributed by atoms with E-state index in [0.717, 1.165) is 38.6 Å². The number of hydrogen-bond acceptors (Lipinski definition) is 2. The lowest BCUT2D eigenvalue weighted by atomic mass is 9.92. The second-order valence-electron chi connectivity index (χ2n) is 5.52. The second-order valence-corrected chi connectivity index (χ2v) is 5.52. The lowest BCUT2D eigenvalue weighted by Crippen LogP contribution is -2.28. The molecule has 1 atom stereocenters. The highest BCUT2D eigenvalue weighted by molar-refractivity contribution is 4.86. The van der Waals surface area contributed by atoms with Crippen molar-refractivity contribution in [2.24, 2.45) is 5.41 Å². The molecule has 0 radical (unpaired) electrons. The minimum atomic E-state index is 0.566. The smallest absolute Gasteiger partial charge is 0.0478 e. The Morgan fingerprint density at radius 1 is 1.33 bits per heavy atom. The summed E-state index contributed by atoms with van der Waals surface area (Å²) in [7, 11) is 0. The topological polar surface area (TPSA) is 21.3 Å². The summed E-state index contributed by atoms with van der Waals surface area (Å²) < 4.78 is 5.45. The molecule has 0 saturated heterocycles. The number of ether oxygens (including phenoxy) is 1. The first kappa shape index (κ1) is 13.0. The first-order chi connectivity index (χ1) is 7.14. The van der Waals surface area contributed by atoms with Crippen molar-refractivity contribution in [3.05, 3.63) is 0 Å². The highest BCUT2D eigenvalue weighted by Gasteiger charge is 2.30. The molecule has 0 aromatic rings. The molecule has 1 N–H and O–H groups in total. The van der Waals surface area contributed by atoms with E-state index in [1.54, 1.807) is 0 Å². The Labute approximate surface area is 94.8 Å². The Morgan fingerprint density at radius 3 is 2.73 bits per heavy atom. The lowest BCUT2D eigenvalue weighted by Gasteiger charge is -2.17. The monoisotopic (exact) mass is 213 g/mol. The van der Waals surface area contributed by atoms with Gasteiger partial charge in [-0.1, -0.05) is 20.8 Å². The van der Waals surface area contributed by atoms with E-state index in [9.17, 15) is 0 Å². The van der Waals surface area contributed by atoms with Gasteiger partial charge in [-0.15, -0.1) is 0 Å². The summed E-state index contributed by atoms with van der Waals surface area (Å²) in [5.74, 6) is 0. The molecule has 0 aromatic carbocycles. The van der Waals surface area contributed by atoms with E-state index >= 15 is 0 Å². The van der Waals surface area contributed by atoms with Crippen molar-refractivity contribution in [1.82, 2.24) is 5.32 Å². The van der Waals surface area contributed by atoms with Crippen LogP contribution in [0, 0.1) is 5.41 Å². The molecule has 15 heavy (non-hydrogen) atoms. The van der Waals surface area contributed by atoms with Crippen molar-refractivity contribution in [2.75, 3.05) is 19.8 Å². The van der Waals surface area contributed by atoms with Gasteiger partial charge in [0.05, 0.1) is 0 Å². The average Bonchev–Trinajstić information content (AvgIpc) is 2.52. The zero-order valence-electron chi connectivity index (χ0n) is 10.6. The van der Waals surface area contributed by atoms with Crippen LogP contribution in [-0.2, 0) is 4.74 Å². The molecule has 1 rings (SSSR count). The molecule has 0 amide bonds. The van der Waals surface area contributed by atoms with E-state index in [0.29, 0.717) is 5.41 Å². The normalized spacial score (nSPS) is 24.6. The quantitative estimate of drug-likeness (QED) is 0.656. The van der Waals surface area contributed by atoms with Gasteiger partial charge in [0.25, 0.3) is 0 Å². The molecule has 0 spiro atoms. The fourth-order valence-corrected chi connectivity index (χ4v) is 2.34. The summed E-state index contributed by atoms with van der Waals surface area (Å²) >= 11 is 0. The maximum atomic E-state index is 5.45. The molecule has 1 aliphatic carbocycles. The Balaban J connectivity index is 1.93. The van der Waals surface area contributed by atoms with Gasteiger partial charge in [-0.3, -0.25) is 0 Å². The fraction of sp³-hybridized carbons (Fsp3) is 1.00. The van der Waals surface area contributed by atoms with Gasteiger partial charge in [-0.05, 0) is 44.1 Å². The van der Waals surface area contributed by atoms with Crippen LogP contribution in [-0.4, -0.2) is 25.8 Å². The third kappa shape index (κ3) is 5.53. The predicted molar refractivity (Wildman–Crippen MR) is 65.1 cm³/mol. The summed E-state index contributed by atoms with van der Waals surface area (Å²) in [5.41, 5.74) is 0.566. The van der Waals surface area contributed by atoms with E-state index in [-0.39, 0.29) is 0 Å². The van der Waals surface area contributed by atoms with Crippen molar-refractivity contribution in [3.63, 3.8) is 0 Å². The summed E-state index contributed by atoms with van der Waals surface area (Å²) in [5, 5.41) is 3.63. The van der Waals surface area contributed by atoms with E-state index in [2.05, 4.69) is 26.1 Å². The van der Waals surface area contributed by atoms with Gasteiger partial charge in [0.2, 0.25) is 0 Å². The third-order valence-electron chi connectivity index (χ3n) is 3.22. The Bertz CT molecular complexity index is 168. The van der Waals surface area contributed by atoms with Crippen LogP contribution in [0.5, 0.6) is 0 Å². The second kappa shape index (κ2) is 6.49. The van der Waals surface area contributed by atoms with Crippen LogP contribution in [0.15, 0.2) is 0 Å². The van der Waals surface area contributed by atoms with Crippen molar-refractivity contribution in [1.29, 1.82) is 0 Å². The molecule has 0 heterocycles. The fourth-order valence-electron chi connectivity index (χ4n) is 2.34. The summed E-state index contributed by atoms with van der Waals surface area (Å²) in [6.07, 6.45) is 6.34. The van der Waals surface area contributed by atoms with Crippen LogP contribution in [0.4, 0.5) is 0 Å². The van der Waals surface area contributed by atoms with Gasteiger partial charge in [-0.2, -0.15) is 0 Å².